The first-order valence-corrected chi connectivity index (χ1v) is 8.53. The first kappa shape index (κ1) is 17.7. The van der Waals surface area contributed by atoms with Gasteiger partial charge in [0, 0.05) is 18.8 Å². The summed E-state index contributed by atoms with van der Waals surface area (Å²) >= 11 is 0. The second-order valence-electron chi connectivity index (χ2n) is 5.97. The second kappa shape index (κ2) is 7.82. The topological polar surface area (TPSA) is 68.8 Å². The van der Waals surface area contributed by atoms with Crippen LogP contribution in [-0.4, -0.2) is 38.2 Å². The zero-order valence-electron chi connectivity index (χ0n) is 15.5. The molecule has 2 aromatic heterocycles. The van der Waals surface area contributed by atoms with Gasteiger partial charge in [0.1, 0.15) is 0 Å². The van der Waals surface area contributed by atoms with Crippen molar-refractivity contribution in [3.63, 3.8) is 0 Å². The van der Waals surface area contributed by atoms with E-state index in [-0.39, 0.29) is 0 Å². The van der Waals surface area contributed by atoms with Crippen molar-refractivity contribution in [3.8, 4) is 0 Å². The van der Waals surface area contributed by atoms with Gasteiger partial charge in [-0.3, -0.25) is 4.99 Å². The number of hydrogen-bond acceptors (Lipinski definition) is 5. The van der Waals surface area contributed by atoms with Gasteiger partial charge in [-0.05, 0) is 43.5 Å². The van der Waals surface area contributed by atoms with Crippen LogP contribution in [-0.2, 0) is 6.54 Å². The lowest BCUT2D eigenvalue weighted by molar-refractivity contribution is 0.663. The zero-order valence-corrected chi connectivity index (χ0v) is 15.5. The van der Waals surface area contributed by atoms with E-state index >= 15 is 0 Å². The highest BCUT2D eigenvalue weighted by molar-refractivity contribution is 6.08. The summed E-state index contributed by atoms with van der Waals surface area (Å²) in [5.74, 6) is 0. The Labute approximate surface area is 153 Å². The molecule has 0 aliphatic heterocycles. The summed E-state index contributed by atoms with van der Waals surface area (Å²) in [6.45, 7) is 6.67. The van der Waals surface area contributed by atoms with Crippen molar-refractivity contribution >= 4 is 29.2 Å². The van der Waals surface area contributed by atoms with Crippen LogP contribution in [0.2, 0.25) is 0 Å². The minimum absolute atomic E-state index is 0.540. The zero-order chi connectivity index (χ0) is 18.5. The van der Waals surface area contributed by atoms with Crippen LogP contribution in [0.15, 0.2) is 41.5 Å². The number of nitrogens with zero attached hydrogens (tertiary/aromatic N) is 6. The predicted molar refractivity (Wildman–Crippen MR) is 106 cm³/mol. The number of allylic oxidation sites excluding steroid dienone is 3. The molecular weight excluding hydrogens is 324 g/mol. The van der Waals surface area contributed by atoms with Gasteiger partial charge < -0.3 is 0 Å². The Balaban J connectivity index is 1.99. The van der Waals surface area contributed by atoms with Gasteiger partial charge in [0.2, 0.25) is 5.65 Å². The fourth-order valence-corrected chi connectivity index (χ4v) is 2.75. The van der Waals surface area contributed by atoms with Gasteiger partial charge in [-0.2, -0.15) is 0 Å². The molecule has 3 aromatic rings. The summed E-state index contributed by atoms with van der Waals surface area (Å²) < 4.78 is 1.78. The van der Waals surface area contributed by atoms with E-state index < -0.39 is 0 Å². The molecular formula is C20H22N6. The van der Waals surface area contributed by atoms with Crippen LogP contribution in [0.4, 0.5) is 0 Å². The van der Waals surface area contributed by atoms with E-state index in [1.54, 1.807) is 24.1 Å². The van der Waals surface area contributed by atoms with Crippen molar-refractivity contribution in [2.45, 2.75) is 27.3 Å². The lowest BCUT2D eigenvalue weighted by Gasteiger charge is -2.07. The summed E-state index contributed by atoms with van der Waals surface area (Å²) in [6, 6.07) is 6.39. The van der Waals surface area contributed by atoms with Crippen molar-refractivity contribution in [2.75, 3.05) is 7.05 Å². The number of aryl methyl sites for hydroxylation is 1. The molecule has 132 valence electrons. The monoisotopic (exact) mass is 346 g/mol. The quantitative estimate of drug-likeness (QED) is 0.660. The van der Waals surface area contributed by atoms with Crippen LogP contribution in [0.1, 0.15) is 36.2 Å². The van der Waals surface area contributed by atoms with E-state index in [0.29, 0.717) is 17.8 Å². The summed E-state index contributed by atoms with van der Waals surface area (Å²) in [5.41, 5.74) is 6.47. The molecule has 0 bridgehead atoms. The van der Waals surface area contributed by atoms with Crippen LogP contribution >= 0.6 is 0 Å². The van der Waals surface area contributed by atoms with Crippen molar-refractivity contribution < 1.29 is 0 Å². The number of aliphatic imine (C=N–C) groups is 1. The molecule has 0 unspecified atom stereocenters. The maximum absolute atomic E-state index is 4.70. The number of fused-ring (bicyclic) bond motifs is 1. The molecule has 0 spiro atoms. The molecule has 0 aliphatic carbocycles. The Bertz CT molecular complexity index is 1010. The Morgan fingerprint density at radius 3 is 2.85 bits per heavy atom. The lowest BCUT2D eigenvalue weighted by Crippen LogP contribution is -2.05. The van der Waals surface area contributed by atoms with Gasteiger partial charge in [-0.1, -0.05) is 35.6 Å². The molecule has 0 aliphatic rings. The highest BCUT2D eigenvalue weighted by atomic mass is 15.4. The van der Waals surface area contributed by atoms with Crippen molar-refractivity contribution in [1.29, 1.82) is 0 Å². The van der Waals surface area contributed by atoms with Gasteiger partial charge in [-0.25, -0.2) is 14.6 Å². The van der Waals surface area contributed by atoms with Gasteiger partial charge in [0.15, 0.2) is 5.65 Å². The Morgan fingerprint density at radius 1 is 1.27 bits per heavy atom. The van der Waals surface area contributed by atoms with Crippen LogP contribution in [0.3, 0.4) is 0 Å². The molecule has 0 saturated carbocycles. The summed E-state index contributed by atoms with van der Waals surface area (Å²) in [7, 11) is 1.74. The summed E-state index contributed by atoms with van der Waals surface area (Å²) in [5, 5.41) is 8.37. The van der Waals surface area contributed by atoms with Gasteiger partial charge in [-0.15, -0.1) is 5.10 Å². The predicted octanol–water partition coefficient (Wildman–Crippen LogP) is 3.72. The molecule has 3 rings (SSSR count). The first-order chi connectivity index (χ1) is 12.7. The van der Waals surface area contributed by atoms with E-state index in [2.05, 4.69) is 51.5 Å². The van der Waals surface area contributed by atoms with E-state index in [1.807, 2.05) is 26.0 Å². The molecule has 0 saturated heterocycles. The van der Waals surface area contributed by atoms with E-state index in [4.69, 9.17) is 4.98 Å². The third-order valence-corrected chi connectivity index (χ3v) is 4.12. The van der Waals surface area contributed by atoms with Gasteiger partial charge >= 0.3 is 0 Å². The first-order valence-electron chi connectivity index (χ1n) is 8.53. The fourth-order valence-electron chi connectivity index (χ4n) is 2.75. The molecule has 1 aromatic carbocycles. The van der Waals surface area contributed by atoms with Crippen molar-refractivity contribution in [3.05, 3.63) is 58.9 Å². The van der Waals surface area contributed by atoms with Crippen LogP contribution in [0, 0.1) is 6.92 Å². The summed E-state index contributed by atoms with van der Waals surface area (Å²) in [6.07, 6.45) is 9.59. The maximum atomic E-state index is 4.70. The third-order valence-electron chi connectivity index (χ3n) is 4.12. The largest absolute Gasteiger partial charge is 0.296 e. The highest BCUT2D eigenvalue weighted by Gasteiger charge is 2.11. The molecule has 26 heavy (non-hydrogen) atoms. The number of rotatable bonds is 5. The molecule has 0 atom stereocenters. The smallest absolute Gasteiger partial charge is 0.221 e. The Morgan fingerprint density at radius 2 is 2.12 bits per heavy atom. The van der Waals surface area contributed by atoms with E-state index in [9.17, 15) is 0 Å². The number of hydrogen-bond donors (Lipinski definition) is 0. The standard InChI is InChI=1S/C20H22N6/c1-5-7-17-10-15(9-8-14(17)3)13-26-20-19(24-25-26)22-12-18(23-20)16(6-2)11-21-4/h5-12H,13H2,1-4H3/b7-5-,16-6+,21-11?. The normalized spacial score (nSPS) is 12.7. The molecule has 0 N–H and O–H groups in total. The van der Waals surface area contributed by atoms with E-state index in [0.717, 1.165) is 16.8 Å². The number of aromatic nitrogens is 5. The van der Waals surface area contributed by atoms with Gasteiger partial charge in [0.25, 0.3) is 0 Å². The van der Waals surface area contributed by atoms with Crippen molar-refractivity contribution in [1.82, 2.24) is 25.0 Å². The van der Waals surface area contributed by atoms with Crippen LogP contribution in [0.5, 0.6) is 0 Å². The fraction of sp³-hybridized carbons (Fsp3) is 0.250. The second-order valence-corrected chi connectivity index (χ2v) is 5.97. The van der Waals surface area contributed by atoms with Crippen LogP contribution < -0.4 is 0 Å². The molecule has 0 fully saturated rings. The average molecular weight is 346 g/mol. The lowest BCUT2D eigenvalue weighted by atomic mass is 10.0. The molecule has 2 heterocycles. The molecule has 0 radical (unpaired) electrons. The third kappa shape index (κ3) is 3.59. The summed E-state index contributed by atoms with van der Waals surface area (Å²) in [4.78, 5) is 13.2. The van der Waals surface area contributed by atoms with Crippen LogP contribution in [0.25, 0.3) is 22.9 Å². The SMILES string of the molecule is C/C=C\c1cc(Cn2nnc3ncc(/C(C=NC)=C/C)nc32)ccc1C. The molecule has 0 amide bonds. The average Bonchev–Trinajstić information content (AvgIpc) is 3.05. The highest BCUT2D eigenvalue weighted by Crippen LogP contribution is 2.17. The maximum Gasteiger partial charge on any atom is 0.221 e. The number of benzene rings is 1. The molecule has 6 nitrogen and oxygen atoms in total. The minimum Gasteiger partial charge on any atom is -0.296 e. The molecule has 6 heteroatoms. The van der Waals surface area contributed by atoms with E-state index in [1.165, 1.54) is 11.1 Å². The minimum atomic E-state index is 0.540. The van der Waals surface area contributed by atoms with Gasteiger partial charge in [0.05, 0.1) is 18.4 Å². The Kier molecular flexibility index (Phi) is 5.31. The van der Waals surface area contributed by atoms with Crippen molar-refractivity contribution in [2.24, 2.45) is 4.99 Å². The Hall–Kier alpha value is -3.15.